The molecule has 0 heterocycles. The van der Waals surface area contributed by atoms with Gasteiger partial charge in [0.2, 0.25) is 0 Å². The average Bonchev–Trinajstić information content (AvgIpc) is 2.86. The van der Waals surface area contributed by atoms with Crippen molar-refractivity contribution in [1.82, 2.24) is 0 Å². The first-order valence-corrected chi connectivity index (χ1v) is 6.66. The Hall–Kier alpha value is -2.17. The highest BCUT2D eigenvalue weighted by molar-refractivity contribution is 5.51. The molecular formula is C16H14F3NO. The van der Waals surface area contributed by atoms with E-state index < -0.39 is 17.5 Å². The topological polar surface area (TPSA) is 21.3 Å². The third-order valence-electron chi connectivity index (χ3n) is 3.75. The van der Waals surface area contributed by atoms with Gasteiger partial charge in [-0.1, -0.05) is 6.07 Å². The van der Waals surface area contributed by atoms with Crippen LogP contribution in [0.5, 0.6) is 5.75 Å². The molecule has 1 unspecified atom stereocenters. The van der Waals surface area contributed by atoms with Crippen LogP contribution in [0.2, 0.25) is 0 Å². The molecule has 3 rings (SSSR count). The number of ether oxygens (including phenoxy) is 1. The Kier molecular flexibility index (Phi) is 3.49. The molecule has 21 heavy (non-hydrogen) atoms. The molecule has 0 amide bonds. The quantitative estimate of drug-likeness (QED) is 0.856. The monoisotopic (exact) mass is 293 g/mol. The van der Waals surface area contributed by atoms with Crippen LogP contribution in [0.25, 0.3) is 0 Å². The van der Waals surface area contributed by atoms with E-state index in [2.05, 4.69) is 5.32 Å². The fourth-order valence-electron chi connectivity index (χ4n) is 2.71. The summed E-state index contributed by atoms with van der Waals surface area (Å²) in [7, 11) is 1.57. The molecule has 0 saturated carbocycles. The number of aryl methyl sites for hydroxylation is 1. The number of rotatable bonds is 3. The summed E-state index contributed by atoms with van der Waals surface area (Å²) in [5.74, 6) is -2.36. The van der Waals surface area contributed by atoms with Crippen LogP contribution in [0.3, 0.4) is 0 Å². The molecule has 1 aliphatic rings. The molecule has 0 aromatic heterocycles. The lowest BCUT2D eigenvalue weighted by atomic mass is 10.1. The van der Waals surface area contributed by atoms with Crippen LogP contribution in [0, 0.1) is 17.5 Å². The zero-order valence-electron chi connectivity index (χ0n) is 11.4. The lowest BCUT2D eigenvalue weighted by Gasteiger charge is -2.17. The highest BCUT2D eigenvalue weighted by Crippen LogP contribution is 2.36. The molecule has 0 saturated heterocycles. The van der Waals surface area contributed by atoms with Gasteiger partial charge in [-0.2, -0.15) is 0 Å². The summed E-state index contributed by atoms with van der Waals surface area (Å²) >= 11 is 0. The van der Waals surface area contributed by atoms with Crippen molar-refractivity contribution in [3.63, 3.8) is 0 Å². The van der Waals surface area contributed by atoms with E-state index in [-0.39, 0.29) is 11.7 Å². The van der Waals surface area contributed by atoms with Gasteiger partial charge >= 0.3 is 0 Å². The van der Waals surface area contributed by atoms with Crippen molar-refractivity contribution in [2.45, 2.75) is 18.9 Å². The van der Waals surface area contributed by atoms with Crippen molar-refractivity contribution in [3.8, 4) is 5.75 Å². The van der Waals surface area contributed by atoms with E-state index >= 15 is 0 Å². The van der Waals surface area contributed by atoms with Gasteiger partial charge in [0.1, 0.15) is 11.6 Å². The third kappa shape index (κ3) is 2.55. The molecule has 0 aliphatic heterocycles. The number of fused-ring (bicyclic) bond motifs is 1. The molecule has 110 valence electrons. The lowest BCUT2D eigenvalue weighted by Crippen LogP contribution is -2.10. The van der Waals surface area contributed by atoms with Crippen molar-refractivity contribution in [1.29, 1.82) is 0 Å². The second-order valence-electron chi connectivity index (χ2n) is 5.05. The number of anilines is 1. The van der Waals surface area contributed by atoms with E-state index in [1.165, 1.54) is 0 Å². The third-order valence-corrected chi connectivity index (χ3v) is 3.75. The van der Waals surface area contributed by atoms with Gasteiger partial charge in [0, 0.05) is 12.1 Å². The van der Waals surface area contributed by atoms with E-state index in [4.69, 9.17) is 4.74 Å². The van der Waals surface area contributed by atoms with E-state index in [0.29, 0.717) is 11.8 Å². The average molecular weight is 293 g/mol. The van der Waals surface area contributed by atoms with Gasteiger partial charge in [0.25, 0.3) is 0 Å². The first kappa shape index (κ1) is 13.8. The predicted molar refractivity (Wildman–Crippen MR) is 74.0 cm³/mol. The maximum atomic E-state index is 13.7. The summed E-state index contributed by atoms with van der Waals surface area (Å²) in [6.07, 6.45) is 1.57. The maximum Gasteiger partial charge on any atom is 0.182 e. The summed E-state index contributed by atoms with van der Waals surface area (Å²) in [5, 5.41) is 2.89. The summed E-state index contributed by atoms with van der Waals surface area (Å²) in [4.78, 5) is 0. The van der Waals surface area contributed by atoms with Crippen molar-refractivity contribution >= 4 is 5.69 Å². The van der Waals surface area contributed by atoms with Crippen LogP contribution in [0.4, 0.5) is 18.9 Å². The number of hydrogen-bond donors (Lipinski definition) is 1. The fourth-order valence-corrected chi connectivity index (χ4v) is 2.71. The summed E-state index contributed by atoms with van der Waals surface area (Å²) < 4.78 is 45.4. The van der Waals surface area contributed by atoms with Gasteiger partial charge < -0.3 is 10.1 Å². The summed E-state index contributed by atoms with van der Waals surface area (Å²) in [5.41, 5.74) is 1.94. The van der Waals surface area contributed by atoms with Crippen LogP contribution >= 0.6 is 0 Å². The van der Waals surface area contributed by atoms with E-state index in [1.807, 2.05) is 18.2 Å². The van der Waals surface area contributed by atoms with Gasteiger partial charge in [-0.25, -0.2) is 13.2 Å². The maximum absolute atomic E-state index is 13.7. The number of nitrogens with one attached hydrogen (secondary N) is 1. The highest BCUT2D eigenvalue weighted by atomic mass is 19.2. The molecule has 0 fully saturated rings. The van der Waals surface area contributed by atoms with Gasteiger partial charge in [-0.15, -0.1) is 0 Å². The summed E-state index contributed by atoms with van der Waals surface area (Å²) in [6, 6.07) is 7.00. The van der Waals surface area contributed by atoms with E-state index in [0.717, 1.165) is 30.0 Å². The van der Waals surface area contributed by atoms with Crippen LogP contribution in [-0.2, 0) is 6.42 Å². The Labute approximate surface area is 120 Å². The van der Waals surface area contributed by atoms with Crippen LogP contribution in [0.1, 0.15) is 23.6 Å². The van der Waals surface area contributed by atoms with Crippen molar-refractivity contribution < 1.29 is 17.9 Å². The molecule has 2 aromatic carbocycles. The highest BCUT2D eigenvalue weighted by Gasteiger charge is 2.24. The van der Waals surface area contributed by atoms with Crippen molar-refractivity contribution in [2.75, 3.05) is 12.4 Å². The van der Waals surface area contributed by atoms with Crippen LogP contribution in [-0.4, -0.2) is 7.11 Å². The van der Waals surface area contributed by atoms with Gasteiger partial charge in [-0.3, -0.25) is 0 Å². The smallest absolute Gasteiger partial charge is 0.182 e. The SMILES string of the molecule is COc1ccc2c(c1)C(Nc1cc(F)cc(F)c1F)CC2. The van der Waals surface area contributed by atoms with E-state index in [1.54, 1.807) is 7.11 Å². The standard InChI is InChI=1S/C16H14F3NO/c1-21-11-4-2-9-3-5-14(12(9)8-11)20-15-7-10(17)6-13(18)16(15)19/h2,4,6-8,14,20H,3,5H2,1H3. The molecule has 2 aromatic rings. The fraction of sp³-hybridized carbons (Fsp3) is 0.250. The molecule has 1 aliphatic carbocycles. The van der Waals surface area contributed by atoms with Gasteiger partial charge in [0.05, 0.1) is 18.8 Å². The molecule has 0 bridgehead atoms. The Morgan fingerprint density at radius 1 is 1.14 bits per heavy atom. The lowest BCUT2D eigenvalue weighted by molar-refractivity contribution is 0.414. The van der Waals surface area contributed by atoms with Crippen molar-refractivity contribution in [2.24, 2.45) is 0 Å². The normalized spacial score (nSPS) is 16.7. The molecule has 5 heteroatoms. The Morgan fingerprint density at radius 3 is 2.71 bits per heavy atom. The molecular weight excluding hydrogens is 279 g/mol. The Bertz CT molecular complexity index is 687. The largest absolute Gasteiger partial charge is 0.497 e. The Morgan fingerprint density at radius 2 is 1.95 bits per heavy atom. The second-order valence-corrected chi connectivity index (χ2v) is 5.05. The zero-order chi connectivity index (χ0) is 15.0. The number of benzene rings is 2. The van der Waals surface area contributed by atoms with Crippen LogP contribution in [0.15, 0.2) is 30.3 Å². The minimum absolute atomic E-state index is 0.159. The second kappa shape index (κ2) is 5.31. The summed E-state index contributed by atoms with van der Waals surface area (Å²) in [6.45, 7) is 0. The first-order chi connectivity index (χ1) is 10.1. The zero-order valence-corrected chi connectivity index (χ0v) is 11.4. The molecule has 2 nitrogen and oxygen atoms in total. The minimum atomic E-state index is -1.19. The number of halogens is 3. The predicted octanol–water partition coefficient (Wildman–Crippen LogP) is 4.21. The number of hydrogen-bond acceptors (Lipinski definition) is 2. The van der Waals surface area contributed by atoms with E-state index in [9.17, 15) is 13.2 Å². The molecule has 0 spiro atoms. The Balaban J connectivity index is 1.92. The minimum Gasteiger partial charge on any atom is -0.497 e. The van der Waals surface area contributed by atoms with Gasteiger partial charge in [0.15, 0.2) is 11.6 Å². The number of methoxy groups -OCH3 is 1. The van der Waals surface area contributed by atoms with Crippen LogP contribution < -0.4 is 10.1 Å². The molecule has 1 N–H and O–H groups in total. The van der Waals surface area contributed by atoms with Crippen molar-refractivity contribution in [3.05, 3.63) is 58.9 Å². The molecule has 0 radical (unpaired) electrons. The van der Waals surface area contributed by atoms with Gasteiger partial charge in [-0.05, 0) is 36.1 Å². The molecule has 1 atom stereocenters. The first-order valence-electron chi connectivity index (χ1n) is 6.66.